The van der Waals surface area contributed by atoms with Gasteiger partial charge >= 0.3 is 12.1 Å². The monoisotopic (exact) mass is 373 g/mol. The number of nitrogens with zero attached hydrogens (tertiary/aromatic N) is 3. The smallest absolute Gasteiger partial charge is 0.406 e. The minimum absolute atomic E-state index is 0.0220. The number of halogens is 4. The number of nitrogens with one attached hydrogen (secondary N) is 2. The molecule has 2 aromatic heterocycles. The van der Waals surface area contributed by atoms with Crippen LogP contribution >= 0.6 is 11.6 Å². The molecule has 2 N–H and O–H groups in total. The molecule has 3 aromatic rings. The quantitative estimate of drug-likeness (QED) is 0.723. The average molecular weight is 374 g/mol. The first-order chi connectivity index (χ1) is 11.8. The minimum Gasteiger partial charge on any atom is -0.406 e. The molecule has 0 spiro atoms. The van der Waals surface area contributed by atoms with Crippen molar-refractivity contribution in [1.29, 1.82) is 0 Å². The average Bonchev–Trinajstić information content (AvgIpc) is 2.95. The van der Waals surface area contributed by atoms with Crippen molar-refractivity contribution >= 4 is 23.1 Å². The lowest BCUT2D eigenvalue weighted by molar-refractivity contribution is -0.274. The van der Waals surface area contributed by atoms with Crippen molar-refractivity contribution in [1.82, 2.24) is 20.1 Å². The number of aromatic nitrogens is 4. The van der Waals surface area contributed by atoms with Crippen LogP contribution in [0.5, 0.6) is 5.75 Å². The van der Waals surface area contributed by atoms with Crippen LogP contribution in [0.2, 0.25) is 5.02 Å². The molecule has 0 atom stereocenters. The largest absolute Gasteiger partial charge is 0.573 e. The molecule has 0 aliphatic rings. The molecule has 0 saturated heterocycles. The van der Waals surface area contributed by atoms with Crippen molar-refractivity contribution in [3.63, 3.8) is 0 Å². The van der Waals surface area contributed by atoms with Gasteiger partial charge in [0.2, 0.25) is 5.82 Å². The topological polar surface area (TPSA) is 106 Å². The van der Waals surface area contributed by atoms with E-state index in [9.17, 15) is 18.0 Å². The third kappa shape index (κ3) is 4.07. The molecule has 25 heavy (non-hydrogen) atoms. The molecule has 0 radical (unpaired) electrons. The number of hydrogen-bond acceptors (Lipinski definition) is 7. The molecule has 8 nitrogen and oxygen atoms in total. The Morgan fingerprint density at radius 3 is 2.64 bits per heavy atom. The van der Waals surface area contributed by atoms with Gasteiger partial charge < -0.3 is 10.1 Å². The van der Waals surface area contributed by atoms with Gasteiger partial charge in [0.05, 0.1) is 10.7 Å². The Balaban J connectivity index is 1.90. The second kappa shape index (κ2) is 6.43. The van der Waals surface area contributed by atoms with E-state index in [0.717, 1.165) is 12.1 Å². The van der Waals surface area contributed by atoms with Crippen molar-refractivity contribution in [2.75, 3.05) is 5.32 Å². The highest BCUT2D eigenvalue weighted by Gasteiger charge is 2.31. The lowest BCUT2D eigenvalue weighted by Gasteiger charge is -2.12. The second-order valence-electron chi connectivity index (χ2n) is 4.51. The molecule has 0 unspecified atom stereocenters. The molecule has 0 saturated carbocycles. The Labute approximate surface area is 141 Å². The Morgan fingerprint density at radius 2 is 2.00 bits per heavy atom. The summed E-state index contributed by atoms with van der Waals surface area (Å²) in [7, 11) is 0. The van der Waals surface area contributed by atoms with E-state index in [1.165, 1.54) is 18.5 Å². The van der Waals surface area contributed by atoms with Crippen LogP contribution in [-0.4, -0.2) is 26.5 Å². The number of rotatable bonds is 4. The molecule has 0 fully saturated rings. The first kappa shape index (κ1) is 16.8. The highest BCUT2D eigenvalue weighted by Crippen LogP contribution is 2.33. The van der Waals surface area contributed by atoms with E-state index in [1.54, 1.807) is 0 Å². The van der Waals surface area contributed by atoms with Crippen LogP contribution in [0.1, 0.15) is 0 Å². The molecule has 130 valence electrons. The molecular formula is C13H7ClF3N5O3. The SMILES string of the molecule is O=c1[nH]c(-c2nccnc2Nc2ccc(OC(F)(F)F)cc2Cl)no1. The van der Waals surface area contributed by atoms with Gasteiger partial charge in [0, 0.05) is 18.5 Å². The summed E-state index contributed by atoms with van der Waals surface area (Å²) in [5.41, 5.74) is 0.392. The molecule has 1 aromatic carbocycles. The number of alkyl halides is 3. The van der Waals surface area contributed by atoms with E-state index in [1.807, 2.05) is 0 Å². The summed E-state index contributed by atoms with van der Waals surface area (Å²) >= 11 is 5.96. The lowest BCUT2D eigenvalue weighted by atomic mass is 10.3. The van der Waals surface area contributed by atoms with E-state index in [0.29, 0.717) is 0 Å². The zero-order valence-electron chi connectivity index (χ0n) is 12.0. The molecule has 0 aliphatic carbocycles. The van der Waals surface area contributed by atoms with Crippen LogP contribution in [0.4, 0.5) is 24.7 Å². The fraction of sp³-hybridized carbons (Fsp3) is 0.0769. The molecule has 2 heterocycles. The van der Waals surface area contributed by atoms with E-state index in [2.05, 4.69) is 34.7 Å². The molecule has 0 aliphatic heterocycles. The van der Waals surface area contributed by atoms with Crippen molar-refractivity contribution in [3.8, 4) is 17.3 Å². The summed E-state index contributed by atoms with van der Waals surface area (Å²) in [5, 5.41) is 6.25. The maximum absolute atomic E-state index is 12.2. The summed E-state index contributed by atoms with van der Waals surface area (Å²) in [5.74, 6) is -1.08. The first-order valence-corrected chi connectivity index (χ1v) is 6.89. The number of anilines is 2. The Bertz CT molecular complexity index is 956. The lowest BCUT2D eigenvalue weighted by Crippen LogP contribution is -2.17. The van der Waals surface area contributed by atoms with Crippen molar-refractivity contribution in [2.24, 2.45) is 0 Å². The zero-order chi connectivity index (χ0) is 18.0. The highest BCUT2D eigenvalue weighted by atomic mass is 35.5. The fourth-order valence-corrected chi connectivity index (χ4v) is 2.07. The maximum atomic E-state index is 12.2. The highest BCUT2D eigenvalue weighted by molar-refractivity contribution is 6.33. The van der Waals surface area contributed by atoms with Crippen LogP contribution in [0, 0.1) is 0 Å². The van der Waals surface area contributed by atoms with Gasteiger partial charge in [0.15, 0.2) is 11.5 Å². The van der Waals surface area contributed by atoms with E-state index in [4.69, 9.17) is 11.6 Å². The predicted molar refractivity (Wildman–Crippen MR) is 79.6 cm³/mol. The van der Waals surface area contributed by atoms with Gasteiger partial charge in [-0.3, -0.25) is 9.51 Å². The van der Waals surface area contributed by atoms with E-state index < -0.39 is 17.9 Å². The van der Waals surface area contributed by atoms with Gasteiger partial charge in [0.25, 0.3) is 0 Å². The summed E-state index contributed by atoms with van der Waals surface area (Å²) in [4.78, 5) is 21.4. The number of hydrogen-bond donors (Lipinski definition) is 2. The van der Waals surface area contributed by atoms with Gasteiger partial charge in [-0.05, 0) is 12.1 Å². The van der Waals surface area contributed by atoms with Gasteiger partial charge in [-0.25, -0.2) is 14.8 Å². The van der Waals surface area contributed by atoms with Gasteiger partial charge in [-0.2, -0.15) is 0 Å². The van der Waals surface area contributed by atoms with E-state index in [-0.39, 0.29) is 28.0 Å². The summed E-state index contributed by atoms with van der Waals surface area (Å²) in [6, 6.07) is 3.34. The van der Waals surface area contributed by atoms with Gasteiger partial charge in [0.1, 0.15) is 5.75 Å². The van der Waals surface area contributed by atoms with Crippen molar-refractivity contribution in [2.45, 2.75) is 6.36 Å². The number of aromatic amines is 1. The Morgan fingerprint density at radius 1 is 1.24 bits per heavy atom. The number of benzene rings is 1. The standard InChI is InChI=1S/C13H7ClF3N5O3/c14-7-5-6(24-13(15,16)17)1-2-8(7)20-10-9(18-3-4-19-10)11-21-12(23)25-22-11/h1-5H,(H,19,20)(H,21,22,23). The Hall–Kier alpha value is -3.08. The number of H-pyrrole nitrogens is 1. The van der Waals surface area contributed by atoms with Crippen LogP contribution in [-0.2, 0) is 0 Å². The Kier molecular flexibility index (Phi) is 4.31. The summed E-state index contributed by atoms with van der Waals surface area (Å²) in [6.45, 7) is 0. The third-order valence-corrected chi connectivity index (χ3v) is 3.10. The normalized spacial score (nSPS) is 11.4. The van der Waals surface area contributed by atoms with Gasteiger partial charge in [-0.15, -0.1) is 13.2 Å². The van der Waals surface area contributed by atoms with E-state index >= 15 is 0 Å². The molecule has 3 rings (SSSR count). The van der Waals surface area contributed by atoms with Crippen molar-refractivity contribution in [3.05, 3.63) is 46.2 Å². The van der Waals surface area contributed by atoms with Crippen LogP contribution in [0.15, 0.2) is 39.9 Å². The van der Waals surface area contributed by atoms with Crippen LogP contribution < -0.4 is 15.8 Å². The van der Waals surface area contributed by atoms with Crippen LogP contribution in [0.3, 0.4) is 0 Å². The molecule has 12 heteroatoms. The third-order valence-electron chi connectivity index (χ3n) is 2.79. The maximum Gasteiger partial charge on any atom is 0.573 e. The second-order valence-corrected chi connectivity index (χ2v) is 4.92. The first-order valence-electron chi connectivity index (χ1n) is 6.51. The molecular weight excluding hydrogens is 367 g/mol. The van der Waals surface area contributed by atoms with Gasteiger partial charge in [-0.1, -0.05) is 16.8 Å². The van der Waals surface area contributed by atoms with Crippen LogP contribution in [0.25, 0.3) is 11.5 Å². The molecule has 0 bridgehead atoms. The molecule has 0 amide bonds. The summed E-state index contributed by atoms with van der Waals surface area (Å²) in [6.07, 6.45) is -2.11. The fourth-order valence-electron chi connectivity index (χ4n) is 1.86. The van der Waals surface area contributed by atoms with Crippen molar-refractivity contribution < 1.29 is 22.4 Å². The zero-order valence-corrected chi connectivity index (χ0v) is 12.7. The summed E-state index contributed by atoms with van der Waals surface area (Å²) < 4.78 is 44.8. The predicted octanol–water partition coefficient (Wildman–Crippen LogP) is 3.12. The minimum atomic E-state index is -4.82. The number of ether oxygens (including phenoxy) is 1.